The first-order valence-corrected chi connectivity index (χ1v) is 11.9. The minimum Gasteiger partial charge on any atom is -0.286 e. The SMILES string of the molecule is CC1=C(CCCCS(=O)(=O)O)c2c(ccc3c(S(=O)(=O)O)cccc23)[N+]1(C)C. The number of unbranched alkanes of at least 4 members (excludes halogenated alkanes) is 1. The topological polar surface area (TPSA) is 109 Å². The van der Waals surface area contributed by atoms with Crippen molar-refractivity contribution < 1.29 is 25.9 Å². The van der Waals surface area contributed by atoms with Gasteiger partial charge in [-0.3, -0.25) is 13.6 Å². The van der Waals surface area contributed by atoms with E-state index in [4.69, 9.17) is 4.55 Å². The van der Waals surface area contributed by atoms with Crippen molar-refractivity contribution in [3.8, 4) is 0 Å². The zero-order valence-corrected chi connectivity index (χ0v) is 17.6. The molecule has 2 aromatic carbocycles. The fraction of sp³-hybridized carbons (Fsp3) is 0.368. The minimum absolute atomic E-state index is 0.131. The first-order valence-electron chi connectivity index (χ1n) is 8.87. The molecule has 0 unspecified atom stereocenters. The summed E-state index contributed by atoms with van der Waals surface area (Å²) in [4.78, 5) is -0.131. The van der Waals surface area contributed by atoms with Crippen molar-refractivity contribution in [3.05, 3.63) is 41.6 Å². The summed E-state index contributed by atoms with van der Waals surface area (Å²) in [6, 6.07) is 8.41. The highest BCUT2D eigenvalue weighted by Gasteiger charge is 2.38. The van der Waals surface area contributed by atoms with E-state index in [-0.39, 0.29) is 10.6 Å². The Kier molecular flexibility index (Phi) is 5.18. The molecule has 1 aliphatic heterocycles. The Morgan fingerprint density at radius 3 is 2.21 bits per heavy atom. The largest absolute Gasteiger partial charge is 0.295 e. The zero-order valence-electron chi connectivity index (χ0n) is 16.0. The van der Waals surface area contributed by atoms with E-state index >= 15 is 0 Å². The van der Waals surface area contributed by atoms with Crippen LogP contribution < -0.4 is 4.48 Å². The predicted molar refractivity (Wildman–Crippen MR) is 110 cm³/mol. The lowest BCUT2D eigenvalue weighted by atomic mass is 9.94. The van der Waals surface area contributed by atoms with E-state index < -0.39 is 20.2 Å². The highest BCUT2D eigenvalue weighted by Crippen LogP contribution is 2.48. The molecule has 2 aromatic rings. The Morgan fingerprint density at radius 1 is 0.929 bits per heavy atom. The van der Waals surface area contributed by atoms with Gasteiger partial charge >= 0.3 is 0 Å². The standard InChI is InChI=1S/C19H23NO6S2/c1-13-14(7-4-5-12-27(21,22)23)19-16-8-6-9-18(28(24,25)26)15(16)10-11-17(19)20(13,2)3/h6,8-11H,4-5,7,12H2,1-3H3,(H-,21,22,23,24,25,26)/p+1. The lowest BCUT2D eigenvalue weighted by molar-refractivity contribution is 0.479. The number of nitrogens with zero attached hydrogens (tertiary/aromatic N) is 1. The van der Waals surface area contributed by atoms with Gasteiger partial charge in [0.25, 0.3) is 20.2 Å². The Bertz CT molecular complexity index is 1190. The molecule has 0 fully saturated rings. The molecule has 3 rings (SSSR count). The average Bonchev–Trinajstić information content (AvgIpc) is 2.77. The van der Waals surface area contributed by atoms with Gasteiger partial charge in [-0.05, 0) is 36.8 Å². The predicted octanol–water partition coefficient (Wildman–Crippen LogP) is 3.46. The van der Waals surface area contributed by atoms with Gasteiger partial charge in [0, 0.05) is 23.9 Å². The fourth-order valence-electron chi connectivity index (χ4n) is 3.92. The maximum atomic E-state index is 11.8. The molecule has 7 nitrogen and oxygen atoms in total. The third kappa shape index (κ3) is 3.72. The third-order valence-electron chi connectivity index (χ3n) is 5.54. The van der Waals surface area contributed by atoms with Gasteiger partial charge in [-0.1, -0.05) is 12.1 Å². The van der Waals surface area contributed by atoms with Crippen molar-refractivity contribution in [2.75, 3.05) is 19.8 Å². The molecular weight excluding hydrogens is 402 g/mol. The third-order valence-corrected chi connectivity index (χ3v) is 7.25. The number of hydrogen-bond donors (Lipinski definition) is 2. The number of allylic oxidation sites excluding steroid dienone is 2. The molecule has 1 aliphatic rings. The molecule has 152 valence electrons. The second kappa shape index (κ2) is 6.93. The summed E-state index contributed by atoms with van der Waals surface area (Å²) < 4.78 is 64.5. The quantitative estimate of drug-likeness (QED) is 0.416. The fourth-order valence-corrected chi connectivity index (χ4v) is 5.19. The van der Waals surface area contributed by atoms with Gasteiger partial charge in [0.05, 0.1) is 25.4 Å². The van der Waals surface area contributed by atoms with Crippen LogP contribution in [0, 0.1) is 0 Å². The maximum Gasteiger partial charge on any atom is 0.295 e. The second-order valence-corrected chi connectivity index (χ2v) is 10.5. The van der Waals surface area contributed by atoms with Crippen LogP contribution in [-0.2, 0) is 20.2 Å². The van der Waals surface area contributed by atoms with Gasteiger partial charge in [-0.15, -0.1) is 0 Å². The molecule has 0 atom stereocenters. The van der Waals surface area contributed by atoms with Crippen molar-refractivity contribution in [3.63, 3.8) is 0 Å². The smallest absolute Gasteiger partial charge is 0.286 e. The van der Waals surface area contributed by atoms with Crippen LogP contribution in [0.4, 0.5) is 5.69 Å². The Morgan fingerprint density at radius 2 is 1.61 bits per heavy atom. The van der Waals surface area contributed by atoms with Crippen molar-refractivity contribution in [2.45, 2.75) is 31.1 Å². The number of fused-ring (bicyclic) bond motifs is 3. The molecule has 0 aromatic heterocycles. The van der Waals surface area contributed by atoms with Crippen molar-refractivity contribution in [1.29, 1.82) is 0 Å². The van der Waals surface area contributed by atoms with E-state index in [1.54, 1.807) is 12.1 Å². The molecular formula is C19H24NO6S2+. The number of rotatable bonds is 6. The molecule has 0 aliphatic carbocycles. The molecule has 0 spiro atoms. The number of benzene rings is 2. The summed E-state index contributed by atoms with van der Waals surface area (Å²) >= 11 is 0. The Balaban J connectivity index is 2.12. The zero-order chi connectivity index (χ0) is 20.9. The Hall–Kier alpha value is -1.78. The van der Waals surface area contributed by atoms with Gasteiger partial charge in [-0.2, -0.15) is 16.8 Å². The van der Waals surface area contributed by atoms with Gasteiger partial charge in [0.15, 0.2) is 0 Å². The van der Waals surface area contributed by atoms with Crippen molar-refractivity contribution in [2.24, 2.45) is 0 Å². The van der Waals surface area contributed by atoms with E-state index in [9.17, 15) is 21.4 Å². The van der Waals surface area contributed by atoms with Crippen molar-refractivity contribution >= 4 is 42.3 Å². The van der Waals surface area contributed by atoms with Crippen LogP contribution in [0.5, 0.6) is 0 Å². The van der Waals surface area contributed by atoms with E-state index in [2.05, 4.69) is 0 Å². The van der Waals surface area contributed by atoms with E-state index in [1.807, 2.05) is 33.2 Å². The minimum atomic E-state index is -4.36. The maximum absolute atomic E-state index is 11.8. The lowest BCUT2D eigenvalue weighted by Crippen LogP contribution is -2.36. The molecule has 0 saturated carbocycles. The van der Waals surface area contributed by atoms with Crippen LogP contribution in [0.15, 0.2) is 40.9 Å². The van der Waals surface area contributed by atoms with Crippen LogP contribution in [-0.4, -0.2) is 45.8 Å². The first-order chi connectivity index (χ1) is 12.8. The van der Waals surface area contributed by atoms with E-state index in [1.165, 1.54) is 6.07 Å². The average molecular weight is 427 g/mol. The molecule has 2 N–H and O–H groups in total. The molecule has 9 heteroatoms. The summed E-state index contributed by atoms with van der Waals surface area (Å²) in [5, 5.41) is 1.19. The summed E-state index contributed by atoms with van der Waals surface area (Å²) in [6.45, 7) is 2.01. The van der Waals surface area contributed by atoms with Crippen LogP contribution in [0.3, 0.4) is 0 Å². The molecule has 0 radical (unpaired) electrons. The van der Waals surface area contributed by atoms with E-state index in [0.717, 1.165) is 27.9 Å². The summed E-state index contributed by atoms with van der Waals surface area (Å²) in [6.07, 6.45) is 1.50. The second-order valence-electron chi connectivity index (χ2n) is 7.55. The van der Waals surface area contributed by atoms with Gasteiger partial charge in [0.1, 0.15) is 16.3 Å². The number of quaternary nitrogens is 1. The lowest BCUT2D eigenvalue weighted by Gasteiger charge is -2.26. The molecule has 0 saturated heterocycles. The van der Waals surface area contributed by atoms with Gasteiger partial charge in [-0.25, -0.2) is 0 Å². The Labute approximate surface area is 165 Å². The van der Waals surface area contributed by atoms with E-state index in [0.29, 0.717) is 29.1 Å². The van der Waals surface area contributed by atoms with Crippen LogP contribution >= 0.6 is 0 Å². The normalized spacial score (nSPS) is 16.6. The summed E-state index contributed by atoms with van der Waals surface area (Å²) in [7, 11) is -4.27. The first kappa shape index (κ1) is 20.9. The summed E-state index contributed by atoms with van der Waals surface area (Å²) in [5.74, 6) is -0.285. The van der Waals surface area contributed by atoms with Crippen LogP contribution in [0.25, 0.3) is 16.3 Å². The highest BCUT2D eigenvalue weighted by atomic mass is 32.2. The molecule has 0 bridgehead atoms. The molecule has 0 amide bonds. The molecule has 28 heavy (non-hydrogen) atoms. The number of hydrogen-bond acceptors (Lipinski definition) is 4. The highest BCUT2D eigenvalue weighted by molar-refractivity contribution is 7.86. The van der Waals surface area contributed by atoms with Crippen molar-refractivity contribution in [1.82, 2.24) is 4.48 Å². The van der Waals surface area contributed by atoms with Gasteiger partial charge < -0.3 is 0 Å². The van der Waals surface area contributed by atoms with Crippen LogP contribution in [0.1, 0.15) is 31.7 Å². The van der Waals surface area contributed by atoms with Crippen LogP contribution in [0.2, 0.25) is 0 Å². The summed E-state index contributed by atoms with van der Waals surface area (Å²) in [5.41, 5.74) is 4.07. The van der Waals surface area contributed by atoms with Gasteiger partial charge in [0.2, 0.25) is 0 Å². The molecule has 1 heterocycles. The monoisotopic (exact) mass is 426 g/mol.